The Hall–Kier alpha value is -1.91. The average Bonchev–Trinajstić information content (AvgIpc) is 2.35. The lowest BCUT2D eigenvalue weighted by Crippen LogP contribution is -2.68. The van der Waals surface area contributed by atoms with Gasteiger partial charge in [0.15, 0.2) is 17.8 Å². The lowest BCUT2D eigenvalue weighted by atomic mass is 9.88. The maximum atomic E-state index is 13.6. The van der Waals surface area contributed by atoms with E-state index in [4.69, 9.17) is 11.1 Å². The van der Waals surface area contributed by atoms with Crippen LogP contribution in [0.4, 0.5) is 40.8 Å². The van der Waals surface area contributed by atoms with Gasteiger partial charge in [-0.25, -0.2) is 13.2 Å². The molecule has 11 heteroatoms. The van der Waals surface area contributed by atoms with Gasteiger partial charge < -0.3 is 11.1 Å². The second-order valence-corrected chi connectivity index (χ2v) is 4.98. The third kappa shape index (κ3) is 3.71. The van der Waals surface area contributed by atoms with Gasteiger partial charge in [0.25, 0.3) is 0 Å². The molecule has 2 atom stereocenters. The SMILES string of the molecule is CC(N)(C=[NH2+])C(Nc1c(F)cc(F)cc1F)C(F)(F)C(F)(F)F. The van der Waals surface area contributed by atoms with Crippen LogP contribution in [-0.2, 0) is 0 Å². The maximum Gasteiger partial charge on any atom is 0.455 e. The summed E-state index contributed by atoms with van der Waals surface area (Å²) in [5, 5.41) is 6.32. The second kappa shape index (κ2) is 5.95. The third-order valence-electron chi connectivity index (χ3n) is 3.02. The van der Waals surface area contributed by atoms with Crippen LogP contribution < -0.4 is 16.5 Å². The number of hydrogen-bond donors (Lipinski definition) is 3. The molecule has 0 fully saturated rings. The van der Waals surface area contributed by atoms with E-state index in [0.717, 1.165) is 0 Å². The lowest BCUT2D eigenvalue weighted by molar-refractivity contribution is -0.290. The number of alkyl halides is 5. The summed E-state index contributed by atoms with van der Waals surface area (Å²) in [6.07, 6.45) is -5.76. The van der Waals surface area contributed by atoms with Gasteiger partial charge in [0.2, 0.25) is 0 Å². The topological polar surface area (TPSA) is 63.6 Å². The van der Waals surface area contributed by atoms with Gasteiger partial charge in [-0.05, 0) is 6.92 Å². The van der Waals surface area contributed by atoms with Gasteiger partial charge in [-0.3, -0.25) is 5.41 Å². The molecule has 1 aromatic rings. The van der Waals surface area contributed by atoms with E-state index < -0.39 is 46.8 Å². The molecule has 130 valence electrons. The van der Waals surface area contributed by atoms with Crippen LogP contribution in [0.25, 0.3) is 0 Å². The van der Waals surface area contributed by atoms with E-state index >= 15 is 0 Å². The van der Waals surface area contributed by atoms with E-state index in [-0.39, 0.29) is 12.1 Å². The Morgan fingerprint density at radius 3 is 1.87 bits per heavy atom. The lowest BCUT2D eigenvalue weighted by Gasteiger charge is -2.36. The molecule has 1 aromatic carbocycles. The smallest absolute Gasteiger partial charge is 0.369 e. The summed E-state index contributed by atoms with van der Waals surface area (Å²) in [6, 6.07) is -2.85. The summed E-state index contributed by atoms with van der Waals surface area (Å²) >= 11 is 0. The number of rotatable bonds is 5. The molecule has 0 bridgehead atoms. The number of nitrogens with one attached hydrogen (secondary N) is 1. The molecule has 1 rings (SSSR count). The minimum Gasteiger partial charge on any atom is -0.369 e. The normalized spacial score (nSPS) is 16.6. The van der Waals surface area contributed by atoms with E-state index in [0.29, 0.717) is 13.1 Å². The molecule has 5 N–H and O–H groups in total. The molecule has 3 nitrogen and oxygen atoms in total. The zero-order chi connectivity index (χ0) is 18.2. The Morgan fingerprint density at radius 1 is 1.09 bits per heavy atom. The standard InChI is InChI=1S/C12H11F8N3/c1-10(22,4-21)9(11(16,17)12(18,19)20)23-8-6(14)2-5(13)3-7(8)15/h2-4,9,21,23H,22H2,1H3/p+1. The van der Waals surface area contributed by atoms with Gasteiger partial charge >= 0.3 is 12.1 Å². The van der Waals surface area contributed by atoms with E-state index in [1.54, 1.807) is 0 Å². The minimum atomic E-state index is -6.08. The van der Waals surface area contributed by atoms with E-state index in [9.17, 15) is 35.1 Å². The Kier molecular flexibility index (Phi) is 4.95. The number of hydrogen-bond acceptors (Lipinski definition) is 2. The molecule has 0 aliphatic rings. The average molecular weight is 350 g/mol. The zero-order valence-electron chi connectivity index (χ0n) is 11.5. The fourth-order valence-corrected chi connectivity index (χ4v) is 1.72. The Bertz CT molecular complexity index is 573. The number of nitrogens with two attached hydrogens (primary N) is 2. The highest BCUT2D eigenvalue weighted by molar-refractivity contribution is 5.67. The highest BCUT2D eigenvalue weighted by atomic mass is 19.4. The fraction of sp³-hybridized carbons (Fsp3) is 0.417. The first-order valence-electron chi connectivity index (χ1n) is 5.94. The van der Waals surface area contributed by atoms with Crippen molar-refractivity contribution in [3.05, 3.63) is 29.6 Å². The van der Waals surface area contributed by atoms with Crippen LogP contribution in [0.1, 0.15) is 6.92 Å². The Labute approximate surface area is 125 Å². The first-order valence-corrected chi connectivity index (χ1v) is 5.94. The molecule has 0 aliphatic heterocycles. The molecule has 23 heavy (non-hydrogen) atoms. The van der Waals surface area contributed by atoms with Crippen LogP contribution in [-0.4, -0.2) is 29.9 Å². The predicted octanol–water partition coefficient (Wildman–Crippen LogP) is 1.63. The van der Waals surface area contributed by atoms with Crippen molar-refractivity contribution in [1.29, 1.82) is 0 Å². The van der Waals surface area contributed by atoms with Crippen molar-refractivity contribution in [3.63, 3.8) is 0 Å². The Morgan fingerprint density at radius 2 is 1.52 bits per heavy atom. The van der Waals surface area contributed by atoms with Gasteiger partial charge in [-0.2, -0.15) is 22.0 Å². The van der Waals surface area contributed by atoms with Crippen LogP contribution in [0, 0.1) is 17.5 Å². The molecule has 0 radical (unpaired) electrons. The van der Waals surface area contributed by atoms with Crippen molar-refractivity contribution >= 4 is 11.9 Å². The van der Waals surface area contributed by atoms with Crippen molar-refractivity contribution < 1.29 is 40.5 Å². The maximum absolute atomic E-state index is 13.6. The van der Waals surface area contributed by atoms with Crippen molar-refractivity contribution in [3.8, 4) is 0 Å². The molecule has 0 aromatic heterocycles. The highest BCUT2D eigenvalue weighted by Gasteiger charge is 2.66. The third-order valence-corrected chi connectivity index (χ3v) is 3.02. The van der Waals surface area contributed by atoms with E-state index in [1.807, 2.05) is 0 Å². The first-order chi connectivity index (χ1) is 10.2. The molecule has 0 aliphatic carbocycles. The highest BCUT2D eigenvalue weighted by Crippen LogP contribution is 2.42. The number of halogens is 8. The largest absolute Gasteiger partial charge is 0.455 e. The molecule has 0 saturated heterocycles. The van der Waals surface area contributed by atoms with Crippen LogP contribution in [0.2, 0.25) is 0 Å². The van der Waals surface area contributed by atoms with E-state index in [1.165, 1.54) is 5.32 Å². The van der Waals surface area contributed by atoms with Crippen molar-refractivity contribution in [2.75, 3.05) is 5.32 Å². The summed E-state index contributed by atoms with van der Waals surface area (Å²) in [4.78, 5) is 0. The predicted molar refractivity (Wildman–Crippen MR) is 65.3 cm³/mol. The molecular weight excluding hydrogens is 338 g/mol. The van der Waals surface area contributed by atoms with Crippen molar-refractivity contribution in [2.45, 2.75) is 30.6 Å². The monoisotopic (exact) mass is 350 g/mol. The minimum absolute atomic E-state index is 0.105. The summed E-state index contributed by atoms with van der Waals surface area (Å²) < 4.78 is 105. The number of anilines is 1. The molecule has 0 spiro atoms. The number of benzene rings is 1. The first kappa shape index (κ1) is 19.1. The van der Waals surface area contributed by atoms with Crippen molar-refractivity contribution in [2.24, 2.45) is 5.73 Å². The van der Waals surface area contributed by atoms with Crippen LogP contribution in [0.3, 0.4) is 0 Å². The van der Waals surface area contributed by atoms with Gasteiger partial charge in [0, 0.05) is 12.1 Å². The van der Waals surface area contributed by atoms with Crippen LogP contribution in [0.5, 0.6) is 0 Å². The van der Waals surface area contributed by atoms with Gasteiger partial charge in [0.1, 0.15) is 23.1 Å². The summed E-state index contributed by atoms with van der Waals surface area (Å²) in [5.74, 6) is -10.3. The van der Waals surface area contributed by atoms with Gasteiger partial charge in [-0.1, -0.05) is 0 Å². The quantitative estimate of drug-likeness (QED) is 0.558. The summed E-state index contributed by atoms with van der Waals surface area (Å²) in [6.45, 7) is 0.698. The molecule has 2 unspecified atom stereocenters. The van der Waals surface area contributed by atoms with Crippen molar-refractivity contribution in [1.82, 2.24) is 0 Å². The molecule has 0 amide bonds. The fourth-order valence-electron chi connectivity index (χ4n) is 1.72. The summed E-state index contributed by atoms with van der Waals surface area (Å²) in [7, 11) is 0. The molecule has 0 heterocycles. The van der Waals surface area contributed by atoms with Gasteiger partial charge in [-0.15, -0.1) is 0 Å². The molecular formula is C12H12F8N3+. The van der Waals surface area contributed by atoms with Crippen LogP contribution in [0.15, 0.2) is 12.1 Å². The summed E-state index contributed by atoms with van der Waals surface area (Å²) in [5.41, 5.74) is 1.37. The Balaban J connectivity index is 3.43. The van der Waals surface area contributed by atoms with Crippen LogP contribution >= 0.6 is 0 Å². The zero-order valence-corrected chi connectivity index (χ0v) is 11.5. The second-order valence-electron chi connectivity index (χ2n) is 4.98. The van der Waals surface area contributed by atoms with E-state index in [2.05, 4.69) is 0 Å². The molecule has 0 saturated carbocycles. The van der Waals surface area contributed by atoms with Gasteiger partial charge in [0.05, 0.1) is 0 Å².